The molecule has 4 heteroatoms. The number of nitrogens with zero attached hydrogens (tertiary/aromatic N) is 1. The summed E-state index contributed by atoms with van der Waals surface area (Å²) in [5.41, 5.74) is 1.31. The topological polar surface area (TPSA) is 57.6 Å². The summed E-state index contributed by atoms with van der Waals surface area (Å²) in [6.07, 6.45) is 4.34. The van der Waals surface area contributed by atoms with Crippen LogP contribution in [0.1, 0.15) is 26.2 Å². The number of hydrogen-bond donors (Lipinski definition) is 1. The van der Waals surface area contributed by atoms with E-state index in [9.17, 15) is 9.59 Å². The van der Waals surface area contributed by atoms with Gasteiger partial charge in [-0.1, -0.05) is 11.6 Å². The maximum atomic E-state index is 12.0. The summed E-state index contributed by atoms with van der Waals surface area (Å²) >= 11 is 0. The summed E-state index contributed by atoms with van der Waals surface area (Å²) in [5, 5.41) is 8.91. The van der Waals surface area contributed by atoms with Crippen molar-refractivity contribution in [3.63, 3.8) is 0 Å². The molecule has 0 bridgehead atoms. The van der Waals surface area contributed by atoms with Gasteiger partial charge in [0.15, 0.2) is 0 Å². The molecule has 0 radical (unpaired) electrons. The Kier molecular flexibility index (Phi) is 2.99. The highest BCUT2D eigenvalue weighted by molar-refractivity contribution is 5.86. The minimum Gasteiger partial charge on any atom is -0.481 e. The molecule has 1 N–H and O–H groups in total. The quantitative estimate of drug-likeness (QED) is 0.717. The van der Waals surface area contributed by atoms with Gasteiger partial charge in [-0.25, -0.2) is 0 Å². The molecule has 4 nitrogen and oxygen atoms in total. The van der Waals surface area contributed by atoms with Crippen molar-refractivity contribution in [3.05, 3.63) is 11.6 Å². The van der Waals surface area contributed by atoms with Crippen LogP contribution in [0.15, 0.2) is 11.6 Å². The minimum atomic E-state index is -0.826. The van der Waals surface area contributed by atoms with E-state index in [1.54, 1.807) is 4.90 Å². The first kappa shape index (κ1) is 11.2. The SMILES string of the molecule is CC1=CCN(C(=O)C2CCC2C(=O)O)CC1. The monoisotopic (exact) mass is 223 g/mol. The lowest BCUT2D eigenvalue weighted by molar-refractivity contribution is -0.156. The zero-order valence-electron chi connectivity index (χ0n) is 9.48. The van der Waals surface area contributed by atoms with Gasteiger partial charge < -0.3 is 10.0 Å². The van der Waals surface area contributed by atoms with E-state index in [0.717, 1.165) is 19.4 Å². The normalized spacial score (nSPS) is 29.3. The minimum absolute atomic E-state index is 0.0300. The van der Waals surface area contributed by atoms with Gasteiger partial charge in [0.2, 0.25) is 5.91 Å². The third-order valence-corrected chi connectivity index (χ3v) is 3.66. The number of rotatable bonds is 2. The molecule has 2 unspecified atom stereocenters. The maximum Gasteiger partial charge on any atom is 0.307 e. The summed E-state index contributed by atoms with van der Waals surface area (Å²) in [7, 11) is 0. The number of aliphatic carboxylic acids is 1. The van der Waals surface area contributed by atoms with Crippen LogP contribution in [0, 0.1) is 11.8 Å². The Hall–Kier alpha value is -1.32. The van der Waals surface area contributed by atoms with Crippen LogP contribution in [-0.4, -0.2) is 35.0 Å². The standard InChI is InChI=1S/C12H17NO3/c1-8-4-6-13(7-5-8)11(14)9-2-3-10(9)12(15)16/h4,9-10H,2-3,5-7H2,1H3,(H,15,16). The maximum absolute atomic E-state index is 12.0. The molecule has 0 aromatic carbocycles. The largest absolute Gasteiger partial charge is 0.481 e. The summed E-state index contributed by atoms with van der Waals surface area (Å²) in [4.78, 5) is 24.7. The first-order chi connectivity index (χ1) is 7.59. The van der Waals surface area contributed by atoms with E-state index in [1.807, 2.05) is 0 Å². The molecular formula is C12H17NO3. The van der Waals surface area contributed by atoms with Crippen LogP contribution < -0.4 is 0 Å². The molecule has 2 aliphatic rings. The van der Waals surface area contributed by atoms with Gasteiger partial charge in [-0.2, -0.15) is 0 Å². The van der Waals surface area contributed by atoms with Crippen LogP contribution in [-0.2, 0) is 9.59 Å². The highest BCUT2D eigenvalue weighted by Gasteiger charge is 2.43. The van der Waals surface area contributed by atoms with Crippen molar-refractivity contribution >= 4 is 11.9 Å². The second-order valence-corrected chi connectivity index (χ2v) is 4.71. The van der Waals surface area contributed by atoms with Crippen molar-refractivity contribution in [1.29, 1.82) is 0 Å². The first-order valence-corrected chi connectivity index (χ1v) is 5.77. The molecule has 1 heterocycles. The van der Waals surface area contributed by atoms with Gasteiger partial charge in [0, 0.05) is 13.1 Å². The van der Waals surface area contributed by atoms with Gasteiger partial charge in [-0.3, -0.25) is 9.59 Å². The second-order valence-electron chi connectivity index (χ2n) is 4.71. The van der Waals surface area contributed by atoms with Gasteiger partial charge in [-0.15, -0.1) is 0 Å². The predicted octanol–water partition coefficient (Wildman–Crippen LogP) is 1.28. The van der Waals surface area contributed by atoms with Gasteiger partial charge >= 0.3 is 5.97 Å². The van der Waals surface area contributed by atoms with E-state index in [4.69, 9.17) is 5.11 Å². The average Bonchev–Trinajstić information content (AvgIpc) is 2.15. The highest BCUT2D eigenvalue weighted by Crippen LogP contribution is 2.36. The zero-order valence-corrected chi connectivity index (χ0v) is 9.48. The second kappa shape index (κ2) is 4.28. The molecule has 1 aliphatic carbocycles. The smallest absolute Gasteiger partial charge is 0.307 e. The molecule has 0 aromatic heterocycles. The lowest BCUT2D eigenvalue weighted by Gasteiger charge is -2.37. The van der Waals surface area contributed by atoms with Crippen LogP contribution in [0.4, 0.5) is 0 Å². The number of carbonyl (C=O) groups is 2. The average molecular weight is 223 g/mol. The number of carboxylic acids is 1. The molecule has 0 saturated heterocycles. The van der Waals surface area contributed by atoms with Crippen LogP contribution in [0.5, 0.6) is 0 Å². The van der Waals surface area contributed by atoms with Crippen LogP contribution in [0.3, 0.4) is 0 Å². The van der Waals surface area contributed by atoms with Crippen LogP contribution in [0.2, 0.25) is 0 Å². The third-order valence-electron chi connectivity index (χ3n) is 3.66. The van der Waals surface area contributed by atoms with Crippen LogP contribution in [0.25, 0.3) is 0 Å². The molecule has 1 saturated carbocycles. The Bertz CT molecular complexity index is 348. The van der Waals surface area contributed by atoms with E-state index in [2.05, 4.69) is 13.0 Å². The van der Waals surface area contributed by atoms with Crippen molar-refractivity contribution in [1.82, 2.24) is 4.90 Å². The molecule has 0 spiro atoms. The fourth-order valence-corrected chi connectivity index (χ4v) is 2.30. The van der Waals surface area contributed by atoms with E-state index >= 15 is 0 Å². The van der Waals surface area contributed by atoms with Gasteiger partial charge in [0.05, 0.1) is 11.8 Å². The number of carboxylic acid groups (broad SMARTS) is 1. The molecule has 2 rings (SSSR count). The predicted molar refractivity (Wildman–Crippen MR) is 58.8 cm³/mol. The Morgan fingerprint density at radius 3 is 2.50 bits per heavy atom. The number of carbonyl (C=O) groups excluding carboxylic acids is 1. The van der Waals surface area contributed by atoms with Crippen molar-refractivity contribution in [2.24, 2.45) is 11.8 Å². The highest BCUT2D eigenvalue weighted by atomic mass is 16.4. The summed E-state index contributed by atoms with van der Waals surface area (Å²) in [5.74, 6) is -1.51. The van der Waals surface area contributed by atoms with E-state index in [0.29, 0.717) is 13.0 Å². The Morgan fingerprint density at radius 2 is 2.06 bits per heavy atom. The van der Waals surface area contributed by atoms with Crippen molar-refractivity contribution in [2.75, 3.05) is 13.1 Å². The molecule has 0 aromatic rings. The Labute approximate surface area is 94.9 Å². The van der Waals surface area contributed by atoms with Crippen molar-refractivity contribution in [3.8, 4) is 0 Å². The molecule has 2 atom stereocenters. The third kappa shape index (κ3) is 1.96. The lowest BCUT2D eigenvalue weighted by Crippen LogP contribution is -2.47. The van der Waals surface area contributed by atoms with E-state index < -0.39 is 11.9 Å². The van der Waals surface area contributed by atoms with E-state index in [1.165, 1.54) is 5.57 Å². The number of amides is 1. The van der Waals surface area contributed by atoms with Gasteiger partial charge in [0.1, 0.15) is 0 Å². The molecule has 1 fully saturated rings. The first-order valence-electron chi connectivity index (χ1n) is 5.77. The van der Waals surface area contributed by atoms with Crippen molar-refractivity contribution < 1.29 is 14.7 Å². The summed E-state index contributed by atoms with van der Waals surface area (Å²) in [6, 6.07) is 0. The molecule has 1 aliphatic heterocycles. The summed E-state index contributed by atoms with van der Waals surface area (Å²) < 4.78 is 0. The summed E-state index contributed by atoms with van der Waals surface area (Å²) in [6.45, 7) is 3.45. The molecule has 1 amide bonds. The fraction of sp³-hybridized carbons (Fsp3) is 0.667. The molecule has 16 heavy (non-hydrogen) atoms. The number of hydrogen-bond acceptors (Lipinski definition) is 2. The molecule has 88 valence electrons. The van der Waals surface area contributed by atoms with E-state index in [-0.39, 0.29) is 11.8 Å². The van der Waals surface area contributed by atoms with Crippen molar-refractivity contribution in [2.45, 2.75) is 26.2 Å². The molecular weight excluding hydrogens is 206 g/mol. The Morgan fingerprint density at radius 1 is 1.38 bits per heavy atom. The van der Waals surface area contributed by atoms with Crippen LogP contribution >= 0.6 is 0 Å². The van der Waals surface area contributed by atoms with Gasteiger partial charge in [0.25, 0.3) is 0 Å². The Balaban J connectivity index is 1.96. The zero-order chi connectivity index (χ0) is 11.7. The fourth-order valence-electron chi connectivity index (χ4n) is 2.30. The van der Waals surface area contributed by atoms with Gasteiger partial charge in [-0.05, 0) is 26.2 Å². The lowest BCUT2D eigenvalue weighted by atomic mass is 9.73.